The minimum Gasteiger partial charge on any atom is -0.426 e. The van der Waals surface area contributed by atoms with Crippen molar-refractivity contribution in [2.24, 2.45) is 27.6 Å². The molecule has 1 aliphatic carbocycles. The van der Waals surface area contributed by atoms with Crippen molar-refractivity contribution in [3.8, 4) is 17.2 Å². The third kappa shape index (κ3) is 24.4. The Bertz CT molecular complexity index is 2500. The number of carbonyl (C=O) groups excluding carboxylic acids is 5. The monoisotopic (exact) mass is 1070 g/mol. The molecule has 11 nitrogen and oxygen atoms in total. The molecular weight excluding hydrogens is 977 g/mol. The number of benzene rings is 5. The fourth-order valence-corrected chi connectivity index (χ4v) is 6.82. The largest absolute Gasteiger partial charge is 0.426 e. The minimum atomic E-state index is -0.810. The number of anilines is 1. The zero-order chi connectivity index (χ0) is 58.4. The number of ether oxygens (including phenoxy) is 3. The number of aryl methyl sites for hydroxylation is 1. The van der Waals surface area contributed by atoms with Crippen LogP contribution in [0.3, 0.4) is 0 Å². The number of aliphatic hydroxyl groups excluding tert-OH is 1. The summed E-state index contributed by atoms with van der Waals surface area (Å²) >= 11 is 0. The van der Waals surface area contributed by atoms with Crippen LogP contribution in [0.4, 0.5) is 5.69 Å². The van der Waals surface area contributed by atoms with Crippen LogP contribution in [0.25, 0.3) is 0 Å². The average Bonchev–Trinajstić information content (AvgIpc) is 3.46. The van der Waals surface area contributed by atoms with E-state index in [1.165, 1.54) is 43.2 Å². The van der Waals surface area contributed by atoms with Crippen molar-refractivity contribution >= 4 is 35.4 Å². The van der Waals surface area contributed by atoms with Crippen LogP contribution < -0.4 is 24.8 Å². The van der Waals surface area contributed by atoms with Crippen molar-refractivity contribution < 1.29 is 43.3 Å². The van der Waals surface area contributed by atoms with Gasteiger partial charge in [0, 0.05) is 23.1 Å². The summed E-state index contributed by atoms with van der Waals surface area (Å²) in [7, 11) is 0. The van der Waals surface area contributed by atoms with Gasteiger partial charge < -0.3 is 30.0 Å². The van der Waals surface area contributed by atoms with Crippen molar-refractivity contribution in [2.45, 2.75) is 174 Å². The molecule has 5 aromatic carbocycles. The Morgan fingerprint density at radius 2 is 0.987 bits per heavy atom. The van der Waals surface area contributed by atoms with Crippen LogP contribution in [0.15, 0.2) is 140 Å². The molecule has 3 N–H and O–H groups in total. The van der Waals surface area contributed by atoms with Crippen molar-refractivity contribution in [2.75, 3.05) is 11.9 Å². The molecule has 0 heterocycles. The molecule has 1 fully saturated rings. The van der Waals surface area contributed by atoms with Crippen molar-refractivity contribution in [1.82, 2.24) is 5.32 Å². The second kappa shape index (κ2) is 34.3. The van der Waals surface area contributed by atoms with Crippen LogP contribution in [0.1, 0.15) is 177 Å². The highest BCUT2D eigenvalue weighted by molar-refractivity contribution is 5.94. The van der Waals surface area contributed by atoms with E-state index in [4.69, 9.17) is 19.3 Å². The smallest absolute Gasteiger partial charge is 0.319 e. The summed E-state index contributed by atoms with van der Waals surface area (Å²) in [6.07, 6.45) is 10.5. The summed E-state index contributed by atoms with van der Waals surface area (Å²) in [6.45, 7) is 27.6. The quantitative estimate of drug-likeness (QED) is 0.0574. The van der Waals surface area contributed by atoms with Gasteiger partial charge in [-0.15, -0.1) is 0 Å². The van der Waals surface area contributed by atoms with Crippen molar-refractivity contribution in [1.29, 1.82) is 0 Å². The molecule has 6 rings (SSSR count). The van der Waals surface area contributed by atoms with Gasteiger partial charge in [0.2, 0.25) is 11.8 Å². The van der Waals surface area contributed by atoms with E-state index >= 15 is 0 Å². The number of aliphatic hydroxyl groups is 1. The third-order valence-electron chi connectivity index (χ3n) is 14.8. The predicted octanol–water partition coefficient (Wildman–Crippen LogP) is 15.8. The van der Waals surface area contributed by atoms with Crippen LogP contribution >= 0.6 is 0 Å². The zero-order valence-corrected chi connectivity index (χ0v) is 49.6. The Hall–Kier alpha value is -6.59. The van der Waals surface area contributed by atoms with Gasteiger partial charge in [-0.05, 0) is 138 Å². The van der Waals surface area contributed by atoms with Crippen molar-refractivity contribution in [3.63, 3.8) is 0 Å². The Morgan fingerprint density at radius 3 is 1.45 bits per heavy atom. The first-order valence-electron chi connectivity index (χ1n) is 28.1. The van der Waals surface area contributed by atoms with E-state index < -0.39 is 16.8 Å². The van der Waals surface area contributed by atoms with E-state index in [2.05, 4.69) is 22.8 Å². The van der Waals surface area contributed by atoms with Gasteiger partial charge in [0.15, 0.2) is 0 Å². The molecule has 2 atom stereocenters. The second-order valence-electron chi connectivity index (χ2n) is 22.3. The number of nitrogens with one attached hydrogen (secondary N) is 2. The predicted molar refractivity (Wildman–Crippen MR) is 317 cm³/mol. The second-order valence-corrected chi connectivity index (χ2v) is 22.3. The summed E-state index contributed by atoms with van der Waals surface area (Å²) in [5, 5.41) is 15.0. The maximum Gasteiger partial charge on any atom is 0.319 e. The minimum absolute atomic E-state index is 0.0276. The molecule has 2 unspecified atom stereocenters. The first-order chi connectivity index (χ1) is 36.9. The molecule has 0 saturated heterocycles. The number of esters is 3. The molecule has 0 aliphatic heterocycles. The molecule has 0 bridgehead atoms. The van der Waals surface area contributed by atoms with Crippen molar-refractivity contribution in [3.05, 3.63) is 156 Å². The molecule has 2 amide bonds. The lowest BCUT2D eigenvalue weighted by atomic mass is 9.84. The standard InChI is InChI=1S/C18H26O2.2C13H19NO.C12H16O3.C11H14O2/c1-4-18(2,3)17(19)20-16-12-10-15(11-13-16)14-8-6-5-7-9-14;1-5-13(3,4)12(15)14-11-8-6-10(2)7-9-11;1-4-13(2,3)12(15)14-10-11-8-6-5-7-9-11;1-3-12(2,9-13)11(14)15-10-7-5-4-6-8-10;1-3-9(2)11(12)13-10-7-5-4-6-8-10/h10-14H,4-9H2,1-3H3;6-9H,5H2,1-4H3,(H,14,15);5-9H,4,10H2,1-3H3,(H,14,15);4-8,13H,3,9H2,1-2H3;4-9H,3H2,1-2H3. The first-order valence-corrected chi connectivity index (χ1v) is 28.1. The summed E-state index contributed by atoms with van der Waals surface area (Å²) in [5.74, 6) is 1.96. The highest BCUT2D eigenvalue weighted by Gasteiger charge is 2.33. The molecule has 0 spiro atoms. The van der Waals surface area contributed by atoms with Gasteiger partial charge in [0.25, 0.3) is 0 Å². The molecule has 5 aromatic rings. The number of para-hydroxylation sites is 2. The lowest BCUT2D eigenvalue weighted by molar-refractivity contribution is -0.147. The topological polar surface area (TPSA) is 157 Å². The maximum atomic E-state index is 12.0. The van der Waals surface area contributed by atoms with Gasteiger partial charge in [-0.25, -0.2) is 0 Å². The molecule has 1 saturated carbocycles. The molecule has 11 heteroatoms. The summed E-state index contributed by atoms with van der Waals surface area (Å²) in [5.41, 5.74) is 2.80. The fourth-order valence-electron chi connectivity index (χ4n) is 6.82. The molecule has 78 heavy (non-hydrogen) atoms. The lowest BCUT2D eigenvalue weighted by Crippen LogP contribution is -2.35. The summed E-state index contributed by atoms with van der Waals surface area (Å²) < 4.78 is 15.8. The van der Waals surface area contributed by atoms with E-state index in [-0.39, 0.29) is 47.1 Å². The number of hydrogen-bond donors (Lipinski definition) is 3. The van der Waals surface area contributed by atoms with Gasteiger partial charge in [-0.3, -0.25) is 24.0 Å². The van der Waals surface area contributed by atoms with Crippen LogP contribution in [-0.4, -0.2) is 41.4 Å². The number of carbonyl (C=O) groups is 5. The maximum absolute atomic E-state index is 12.0. The van der Waals surface area contributed by atoms with Gasteiger partial charge in [-0.1, -0.05) is 185 Å². The fraction of sp³-hybridized carbons (Fsp3) is 0.478. The summed E-state index contributed by atoms with van der Waals surface area (Å²) in [4.78, 5) is 58.7. The Labute approximate surface area is 468 Å². The van der Waals surface area contributed by atoms with Gasteiger partial charge in [-0.2, -0.15) is 0 Å². The molecule has 426 valence electrons. The Kier molecular flexibility index (Phi) is 29.7. The first kappa shape index (κ1) is 67.5. The molecule has 0 aromatic heterocycles. The summed E-state index contributed by atoms with van der Waals surface area (Å²) in [6, 6.07) is 43.9. The zero-order valence-electron chi connectivity index (χ0n) is 49.6. The van der Waals surface area contributed by atoms with Crippen LogP contribution in [0.2, 0.25) is 0 Å². The third-order valence-corrected chi connectivity index (χ3v) is 14.8. The van der Waals surface area contributed by atoms with E-state index in [9.17, 15) is 24.0 Å². The Morgan fingerprint density at radius 1 is 0.538 bits per heavy atom. The van der Waals surface area contributed by atoms with Gasteiger partial charge in [0.1, 0.15) is 17.2 Å². The highest BCUT2D eigenvalue weighted by atomic mass is 16.5. The lowest BCUT2D eigenvalue weighted by Gasteiger charge is -2.23. The Balaban J connectivity index is 0.000000336. The van der Waals surface area contributed by atoms with E-state index in [1.807, 2.05) is 181 Å². The van der Waals surface area contributed by atoms with E-state index in [0.717, 1.165) is 36.9 Å². The van der Waals surface area contributed by atoms with E-state index in [1.54, 1.807) is 43.3 Å². The van der Waals surface area contributed by atoms with Crippen LogP contribution in [0, 0.1) is 34.5 Å². The SMILES string of the molecule is CCC(C)(C)C(=O)NCc1ccccc1.CCC(C)(C)C(=O)Nc1ccc(C)cc1.CCC(C)(C)C(=O)Oc1ccc(C2CCCCC2)cc1.CCC(C)(CO)C(=O)Oc1ccccc1.CCC(C)C(=O)Oc1ccccc1. The molecular formula is C67H94N2O9. The molecule has 1 aliphatic rings. The highest BCUT2D eigenvalue weighted by Crippen LogP contribution is 2.34. The number of rotatable bonds is 18. The van der Waals surface area contributed by atoms with E-state index in [0.29, 0.717) is 36.1 Å². The van der Waals surface area contributed by atoms with Gasteiger partial charge >= 0.3 is 17.9 Å². The number of amides is 2. The van der Waals surface area contributed by atoms with Crippen LogP contribution in [0.5, 0.6) is 17.2 Å². The molecule has 0 radical (unpaired) electrons. The normalized spacial score (nSPS) is 13.4. The van der Waals surface area contributed by atoms with Gasteiger partial charge in [0.05, 0.1) is 23.4 Å². The van der Waals surface area contributed by atoms with Crippen LogP contribution in [-0.2, 0) is 30.5 Å². The number of hydrogen-bond acceptors (Lipinski definition) is 9. The average molecular weight is 1070 g/mol.